The highest BCUT2D eigenvalue weighted by Gasteiger charge is 2.16. The van der Waals surface area contributed by atoms with Crippen LogP contribution >= 0.6 is 0 Å². The van der Waals surface area contributed by atoms with Gasteiger partial charge in [-0.2, -0.15) is 4.72 Å². The normalized spacial score (nSPS) is 12.0. The fraction of sp³-hybridized carbons (Fsp3) is 0.111. The summed E-state index contributed by atoms with van der Waals surface area (Å²) in [6.45, 7) is 3.93. The predicted octanol–water partition coefficient (Wildman–Crippen LogP) is 3.90. The molecule has 1 N–H and O–H groups in total. The van der Waals surface area contributed by atoms with Crippen LogP contribution in [0.15, 0.2) is 65.6 Å². The van der Waals surface area contributed by atoms with Gasteiger partial charge in [0.15, 0.2) is 4.90 Å². The van der Waals surface area contributed by atoms with E-state index in [1.807, 2.05) is 74.5 Å². The number of aromatic nitrogens is 2. The molecule has 23 heavy (non-hydrogen) atoms. The average molecular weight is 323 g/mol. The standard InChI is InChI=1S/C18H17N3OS/c1-13-14(2)19-18(20-17(13)15-9-5-3-6-10-15)21-23(22)16-11-7-4-8-12-16/h3-12H,1-2H3,(H,19,20,21). The van der Waals surface area contributed by atoms with Crippen molar-refractivity contribution in [1.29, 1.82) is 0 Å². The molecule has 0 radical (unpaired) electrons. The molecule has 0 aliphatic heterocycles. The Bertz CT molecular complexity index is 794. The van der Waals surface area contributed by atoms with Crippen LogP contribution in [0.3, 0.4) is 0 Å². The van der Waals surface area contributed by atoms with E-state index < -0.39 is 11.4 Å². The topological polar surface area (TPSA) is 60.9 Å². The van der Waals surface area contributed by atoms with Gasteiger partial charge in [-0.25, -0.2) is 9.97 Å². The van der Waals surface area contributed by atoms with Crippen molar-refractivity contribution in [3.63, 3.8) is 0 Å². The minimum atomic E-state index is -1.39. The summed E-state index contributed by atoms with van der Waals surface area (Å²) in [6, 6.07) is 19.1. The Hall–Kier alpha value is -2.37. The second kappa shape index (κ2) is 6.81. The maximum atomic E-state index is 12.4. The van der Waals surface area contributed by atoms with E-state index >= 15 is 0 Å². The molecule has 3 rings (SSSR count). The molecular formula is C18H17N3OS. The Morgan fingerprint density at radius 3 is 2.13 bits per heavy atom. The molecule has 0 fully saturated rings. The molecule has 1 unspecified atom stereocenters. The third-order valence-electron chi connectivity index (χ3n) is 3.58. The number of nitrogens with one attached hydrogen (secondary N) is 1. The van der Waals surface area contributed by atoms with Crippen LogP contribution in [-0.2, 0) is 11.4 Å². The lowest BCUT2D eigenvalue weighted by atomic mass is 10.1. The number of aryl methyl sites for hydroxylation is 1. The van der Waals surface area contributed by atoms with Crippen molar-refractivity contribution in [3.05, 3.63) is 71.9 Å². The van der Waals surface area contributed by atoms with Crippen LogP contribution in [0.5, 0.6) is 0 Å². The fourth-order valence-electron chi connectivity index (χ4n) is 2.24. The molecule has 4 nitrogen and oxygen atoms in total. The van der Waals surface area contributed by atoms with Crippen LogP contribution < -0.4 is 4.72 Å². The predicted molar refractivity (Wildman–Crippen MR) is 93.4 cm³/mol. The lowest BCUT2D eigenvalue weighted by molar-refractivity contribution is 0.599. The fourth-order valence-corrected chi connectivity index (χ4v) is 3.02. The lowest BCUT2D eigenvalue weighted by Gasteiger charge is -2.13. The van der Waals surface area contributed by atoms with Crippen molar-refractivity contribution >= 4 is 17.3 Å². The largest absolute Gasteiger partial charge is 0.588 e. The first kappa shape index (κ1) is 15.5. The highest BCUT2D eigenvalue weighted by molar-refractivity contribution is 7.92. The Kier molecular flexibility index (Phi) is 4.60. The third-order valence-corrected chi connectivity index (χ3v) is 4.65. The molecule has 0 aliphatic carbocycles. The summed E-state index contributed by atoms with van der Waals surface area (Å²) >= 11 is -1.39. The Morgan fingerprint density at radius 1 is 0.870 bits per heavy atom. The van der Waals surface area contributed by atoms with Crippen molar-refractivity contribution in [2.75, 3.05) is 4.72 Å². The summed E-state index contributed by atoms with van der Waals surface area (Å²) in [7, 11) is 0. The monoisotopic (exact) mass is 323 g/mol. The van der Waals surface area contributed by atoms with Crippen LogP contribution in [0.25, 0.3) is 11.3 Å². The van der Waals surface area contributed by atoms with Gasteiger partial charge < -0.3 is 4.55 Å². The second-order valence-corrected chi connectivity index (χ2v) is 6.37. The Morgan fingerprint density at radius 2 is 1.48 bits per heavy atom. The van der Waals surface area contributed by atoms with E-state index in [4.69, 9.17) is 0 Å². The van der Waals surface area contributed by atoms with Crippen LogP contribution in [-0.4, -0.2) is 14.5 Å². The molecule has 5 heteroatoms. The summed E-state index contributed by atoms with van der Waals surface area (Å²) < 4.78 is 15.3. The maximum Gasteiger partial charge on any atom is 0.266 e. The second-order valence-electron chi connectivity index (χ2n) is 5.16. The Labute approximate surface area is 138 Å². The van der Waals surface area contributed by atoms with Gasteiger partial charge >= 0.3 is 0 Å². The van der Waals surface area contributed by atoms with Crippen molar-refractivity contribution in [1.82, 2.24) is 9.97 Å². The van der Waals surface area contributed by atoms with Gasteiger partial charge in [0.25, 0.3) is 5.95 Å². The molecule has 1 heterocycles. The van der Waals surface area contributed by atoms with Gasteiger partial charge in [0.05, 0.1) is 5.69 Å². The van der Waals surface area contributed by atoms with Crippen LogP contribution in [0.2, 0.25) is 0 Å². The molecule has 0 aliphatic rings. The quantitative estimate of drug-likeness (QED) is 0.740. The van der Waals surface area contributed by atoms with E-state index in [9.17, 15) is 4.55 Å². The van der Waals surface area contributed by atoms with E-state index in [0.29, 0.717) is 10.8 Å². The van der Waals surface area contributed by atoms with Crippen molar-refractivity contribution in [2.24, 2.45) is 0 Å². The molecule has 0 saturated carbocycles. The number of anilines is 1. The molecule has 1 atom stereocenters. The first-order chi connectivity index (χ1) is 11.1. The van der Waals surface area contributed by atoms with Gasteiger partial charge in [-0.3, -0.25) is 0 Å². The molecule has 0 amide bonds. The highest BCUT2D eigenvalue weighted by Crippen LogP contribution is 2.24. The first-order valence-electron chi connectivity index (χ1n) is 7.29. The zero-order valence-corrected chi connectivity index (χ0v) is 13.8. The molecular weight excluding hydrogens is 306 g/mol. The van der Waals surface area contributed by atoms with E-state index in [1.165, 1.54) is 0 Å². The maximum absolute atomic E-state index is 12.4. The number of hydrogen-bond donors (Lipinski definition) is 1. The van der Waals surface area contributed by atoms with Gasteiger partial charge in [-0.15, -0.1) is 0 Å². The van der Waals surface area contributed by atoms with E-state index in [-0.39, 0.29) is 0 Å². The minimum Gasteiger partial charge on any atom is -0.588 e. The summed E-state index contributed by atoms with van der Waals surface area (Å²) in [5, 5.41) is 0. The van der Waals surface area contributed by atoms with Gasteiger partial charge in [0.1, 0.15) is 11.4 Å². The molecule has 2 aromatic carbocycles. The zero-order valence-electron chi connectivity index (χ0n) is 13.0. The molecule has 1 aromatic heterocycles. The molecule has 0 saturated heterocycles. The molecule has 0 bridgehead atoms. The average Bonchev–Trinajstić information content (AvgIpc) is 2.59. The molecule has 0 spiro atoms. The van der Waals surface area contributed by atoms with Gasteiger partial charge in [0, 0.05) is 11.3 Å². The van der Waals surface area contributed by atoms with Crippen LogP contribution in [0.1, 0.15) is 11.3 Å². The van der Waals surface area contributed by atoms with E-state index in [2.05, 4.69) is 14.7 Å². The third kappa shape index (κ3) is 3.52. The van der Waals surface area contributed by atoms with E-state index in [0.717, 1.165) is 22.5 Å². The lowest BCUT2D eigenvalue weighted by Crippen LogP contribution is -2.16. The molecule has 3 aromatic rings. The number of nitrogens with zero attached hydrogens (tertiary/aromatic N) is 2. The summed E-state index contributed by atoms with van der Waals surface area (Å²) in [5.41, 5.74) is 3.76. The van der Waals surface area contributed by atoms with Crippen molar-refractivity contribution in [3.8, 4) is 11.3 Å². The Balaban J connectivity index is 1.93. The van der Waals surface area contributed by atoms with Crippen LogP contribution in [0.4, 0.5) is 5.95 Å². The van der Waals surface area contributed by atoms with Crippen molar-refractivity contribution in [2.45, 2.75) is 18.7 Å². The number of rotatable bonds is 4. The smallest absolute Gasteiger partial charge is 0.266 e. The zero-order chi connectivity index (χ0) is 16.2. The van der Waals surface area contributed by atoms with Gasteiger partial charge in [-0.05, 0) is 31.5 Å². The van der Waals surface area contributed by atoms with E-state index in [1.54, 1.807) is 0 Å². The summed E-state index contributed by atoms with van der Waals surface area (Å²) in [5.74, 6) is 0.370. The van der Waals surface area contributed by atoms with Gasteiger partial charge in [0.2, 0.25) is 0 Å². The first-order valence-corrected chi connectivity index (χ1v) is 8.44. The van der Waals surface area contributed by atoms with Crippen LogP contribution in [0, 0.1) is 13.8 Å². The minimum absolute atomic E-state index is 0.370. The summed E-state index contributed by atoms with van der Waals surface area (Å²) in [6.07, 6.45) is 0. The summed E-state index contributed by atoms with van der Waals surface area (Å²) in [4.78, 5) is 9.65. The van der Waals surface area contributed by atoms with Crippen molar-refractivity contribution < 1.29 is 4.55 Å². The van der Waals surface area contributed by atoms with Gasteiger partial charge in [-0.1, -0.05) is 48.5 Å². The SMILES string of the molecule is Cc1nc(N[S+]([O-])c2ccccc2)nc(-c2ccccc2)c1C. The molecule has 116 valence electrons. The highest BCUT2D eigenvalue weighted by atomic mass is 32.2. The number of benzene rings is 2. The number of hydrogen-bond acceptors (Lipinski definition) is 4.